The molecule has 0 spiro atoms. The number of methoxy groups -OCH3 is 1. The molecule has 0 unspecified atom stereocenters. The van der Waals surface area contributed by atoms with Gasteiger partial charge in [-0.15, -0.1) is 0 Å². The number of sulfone groups is 1. The van der Waals surface area contributed by atoms with Crippen LogP contribution in [-0.4, -0.2) is 44.4 Å². The van der Waals surface area contributed by atoms with Gasteiger partial charge in [-0.05, 0) is 62.2 Å². The van der Waals surface area contributed by atoms with E-state index in [0.717, 1.165) is 11.1 Å². The first-order valence-electron chi connectivity index (χ1n) is 9.54. The molecule has 1 fully saturated rings. The van der Waals surface area contributed by atoms with Gasteiger partial charge in [0.05, 0.1) is 12.0 Å². The number of hydrogen-bond acceptors (Lipinski definition) is 5. The zero-order chi connectivity index (χ0) is 21.1. The van der Waals surface area contributed by atoms with Gasteiger partial charge in [0.25, 0.3) is 0 Å². The fourth-order valence-corrected chi connectivity index (χ4v) is 6.28. The van der Waals surface area contributed by atoms with Crippen LogP contribution in [0.3, 0.4) is 0 Å². The summed E-state index contributed by atoms with van der Waals surface area (Å²) >= 11 is 0. The number of hydrogen-bond donors (Lipinski definition) is 0. The average Bonchev–Trinajstić information content (AvgIpc) is 2.68. The van der Waals surface area contributed by atoms with E-state index in [1.807, 2.05) is 20.8 Å². The summed E-state index contributed by atoms with van der Waals surface area (Å²) in [4.78, 5) is 14.9. The molecule has 1 saturated heterocycles. The Morgan fingerprint density at radius 1 is 1.14 bits per heavy atom. The molecule has 2 heterocycles. The Morgan fingerprint density at radius 2 is 1.86 bits per heavy atom. The van der Waals surface area contributed by atoms with Crippen molar-refractivity contribution in [1.29, 1.82) is 0 Å². The molecular formula is C22H25NO5S. The lowest BCUT2D eigenvalue weighted by molar-refractivity contribution is -0.159. The summed E-state index contributed by atoms with van der Waals surface area (Å²) in [5, 5.41) is -1.21. The van der Waals surface area contributed by atoms with E-state index in [-0.39, 0.29) is 4.90 Å². The van der Waals surface area contributed by atoms with Crippen LogP contribution in [0, 0.1) is 13.8 Å². The van der Waals surface area contributed by atoms with Gasteiger partial charge in [-0.25, -0.2) is 8.42 Å². The molecule has 2 aromatic rings. The van der Waals surface area contributed by atoms with Crippen LogP contribution in [0.1, 0.15) is 36.0 Å². The fraction of sp³-hybridized carbons (Fsp3) is 0.409. The van der Waals surface area contributed by atoms with Crippen LogP contribution in [0.2, 0.25) is 0 Å². The predicted octanol–water partition coefficient (Wildman–Crippen LogP) is 3.21. The number of amides is 1. The number of nitrogens with zero attached hydrogens (tertiary/aromatic N) is 1. The highest BCUT2D eigenvalue weighted by Crippen LogP contribution is 2.50. The predicted molar refractivity (Wildman–Crippen MR) is 109 cm³/mol. The Hall–Kier alpha value is -2.54. The second-order valence-electron chi connectivity index (χ2n) is 8.10. The minimum Gasteiger partial charge on any atom is -0.497 e. The van der Waals surface area contributed by atoms with Crippen molar-refractivity contribution in [2.45, 2.75) is 49.0 Å². The van der Waals surface area contributed by atoms with Crippen LogP contribution < -0.4 is 9.47 Å². The molecule has 7 heteroatoms. The highest BCUT2D eigenvalue weighted by molar-refractivity contribution is 7.92. The van der Waals surface area contributed by atoms with E-state index in [0.29, 0.717) is 23.5 Å². The Bertz CT molecular complexity index is 1110. The van der Waals surface area contributed by atoms with Gasteiger partial charge < -0.3 is 14.4 Å². The zero-order valence-electron chi connectivity index (χ0n) is 17.2. The van der Waals surface area contributed by atoms with Crippen molar-refractivity contribution in [1.82, 2.24) is 4.90 Å². The van der Waals surface area contributed by atoms with Crippen LogP contribution in [0.4, 0.5) is 0 Å². The average molecular weight is 416 g/mol. The third kappa shape index (κ3) is 2.90. The summed E-state index contributed by atoms with van der Waals surface area (Å²) in [6.07, 6.45) is 0.393. The summed E-state index contributed by atoms with van der Waals surface area (Å²) in [7, 11) is -0.750. The van der Waals surface area contributed by atoms with E-state index in [2.05, 4.69) is 0 Å². The number of benzene rings is 2. The van der Waals surface area contributed by atoms with Gasteiger partial charge in [-0.1, -0.05) is 6.07 Å². The van der Waals surface area contributed by atoms with Crippen molar-refractivity contribution in [2.75, 3.05) is 14.2 Å². The Balaban J connectivity index is 1.90. The lowest BCUT2D eigenvalue weighted by atomic mass is 9.80. The Kier molecular flexibility index (Phi) is 4.42. The highest BCUT2D eigenvalue weighted by atomic mass is 32.2. The molecule has 154 valence electrons. The normalized spacial score (nSPS) is 26.0. The van der Waals surface area contributed by atoms with Crippen molar-refractivity contribution in [3.63, 3.8) is 0 Å². The van der Waals surface area contributed by atoms with Crippen LogP contribution in [0.5, 0.6) is 11.5 Å². The van der Waals surface area contributed by atoms with E-state index in [1.54, 1.807) is 50.6 Å². The zero-order valence-corrected chi connectivity index (χ0v) is 18.0. The molecule has 0 saturated carbocycles. The number of aryl methyl sites for hydroxylation is 2. The van der Waals surface area contributed by atoms with Crippen LogP contribution in [0.15, 0.2) is 41.3 Å². The molecule has 4 rings (SSSR count). The number of likely N-dealkylation sites (tertiary alicyclic amines) is 1. The Morgan fingerprint density at radius 3 is 2.52 bits per heavy atom. The molecule has 2 aliphatic rings. The van der Waals surface area contributed by atoms with E-state index in [9.17, 15) is 13.2 Å². The molecular weight excluding hydrogens is 390 g/mol. The molecule has 0 radical (unpaired) electrons. The summed E-state index contributed by atoms with van der Waals surface area (Å²) < 4.78 is 38.8. The SMILES string of the molecule is COc1ccc2c(c1)[C@H]1C[C@@](C)(O2)N(C)C(=O)[C@@H]1S(=O)(=O)c1ccc(C)c(C)c1. The maximum absolute atomic E-state index is 13.7. The number of ether oxygens (including phenoxy) is 2. The van der Waals surface area contributed by atoms with Crippen LogP contribution >= 0.6 is 0 Å². The molecule has 1 amide bonds. The first-order valence-corrected chi connectivity index (χ1v) is 11.1. The molecule has 2 aliphatic heterocycles. The van der Waals surface area contributed by atoms with Gasteiger partial charge in [0.2, 0.25) is 5.91 Å². The number of carbonyl (C=O) groups excluding carboxylic acids is 1. The largest absolute Gasteiger partial charge is 0.497 e. The van der Waals surface area contributed by atoms with Gasteiger partial charge >= 0.3 is 0 Å². The van der Waals surface area contributed by atoms with Crippen molar-refractivity contribution < 1.29 is 22.7 Å². The number of piperidine rings is 1. The number of rotatable bonds is 3. The summed E-state index contributed by atoms with van der Waals surface area (Å²) in [6.45, 7) is 5.62. The second-order valence-corrected chi connectivity index (χ2v) is 10.2. The van der Waals surface area contributed by atoms with Gasteiger partial charge in [0, 0.05) is 24.9 Å². The minimum absolute atomic E-state index is 0.173. The number of fused-ring (bicyclic) bond motifs is 4. The molecule has 2 bridgehead atoms. The molecule has 0 aromatic heterocycles. The van der Waals surface area contributed by atoms with Gasteiger partial charge in [0.15, 0.2) is 20.8 Å². The molecule has 6 nitrogen and oxygen atoms in total. The molecule has 2 aromatic carbocycles. The molecule has 0 N–H and O–H groups in total. The summed E-state index contributed by atoms with van der Waals surface area (Å²) in [6, 6.07) is 10.4. The molecule has 0 aliphatic carbocycles. The summed E-state index contributed by atoms with van der Waals surface area (Å²) in [5.41, 5.74) is 1.69. The lowest BCUT2D eigenvalue weighted by Crippen LogP contribution is -2.64. The van der Waals surface area contributed by atoms with Crippen molar-refractivity contribution in [3.05, 3.63) is 53.1 Å². The fourth-order valence-electron chi connectivity index (χ4n) is 4.29. The maximum atomic E-state index is 13.7. The highest BCUT2D eigenvalue weighted by Gasteiger charge is 2.57. The first kappa shape index (κ1) is 19.8. The molecule has 29 heavy (non-hydrogen) atoms. The van der Waals surface area contributed by atoms with Crippen LogP contribution in [-0.2, 0) is 14.6 Å². The van der Waals surface area contributed by atoms with Crippen molar-refractivity contribution in [3.8, 4) is 11.5 Å². The van der Waals surface area contributed by atoms with Crippen molar-refractivity contribution >= 4 is 15.7 Å². The van der Waals surface area contributed by atoms with E-state index >= 15 is 0 Å². The quantitative estimate of drug-likeness (QED) is 0.770. The van der Waals surface area contributed by atoms with E-state index < -0.39 is 32.6 Å². The lowest BCUT2D eigenvalue weighted by Gasteiger charge is -2.51. The maximum Gasteiger partial charge on any atom is 0.244 e. The van der Waals surface area contributed by atoms with Gasteiger partial charge in [0.1, 0.15) is 11.5 Å². The van der Waals surface area contributed by atoms with Gasteiger partial charge in [-0.3, -0.25) is 4.79 Å². The topological polar surface area (TPSA) is 72.9 Å². The van der Waals surface area contributed by atoms with Crippen molar-refractivity contribution in [2.24, 2.45) is 0 Å². The smallest absolute Gasteiger partial charge is 0.244 e. The van der Waals surface area contributed by atoms with Gasteiger partial charge in [-0.2, -0.15) is 0 Å². The van der Waals surface area contributed by atoms with E-state index in [4.69, 9.17) is 9.47 Å². The standard InChI is InChI=1S/C22H25NO5S/c1-13-6-8-16(10-14(13)2)29(25,26)20-18-12-22(3,23(4)21(20)24)28-19-9-7-15(27-5)11-17(18)19/h6-11,18,20H,12H2,1-5H3/t18-,20-,22-/m1/s1. The Labute approximate surface area is 171 Å². The monoisotopic (exact) mass is 415 g/mol. The third-order valence-electron chi connectivity index (χ3n) is 6.34. The third-order valence-corrected chi connectivity index (χ3v) is 8.44. The van der Waals surface area contributed by atoms with Crippen LogP contribution in [0.25, 0.3) is 0 Å². The minimum atomic E-state index is -3.91. The molecule has 3 atom stereocenters. The summed E-state index contributed by atoms with van der Waals surface area (Å²) in [5.74, 6) is 0.221. The number of carbonyl (C=O) groups is 1. The second kappa shape index (κ2) is 6.49. The first-order chi connectivity index (χ1) is 13.6. The van der Waals surface area contributed by atoms with E-state index in [1.165, 1.54) is 4.90 Å².